The number of hydrogen-bond donors (Lipinski definition) is 0. The predicted octanol–water partition coefficient (Wildman–Crippen LogP) is 26.5. The molecular weight excluding hydrogens is 1880 g/mol. The van der Waals surface area contributed by atoms with E-state index in [0.717, 1.165) is 28.7 Å². The Balaban J connectivity index is 0.000000155. The summed E-state index contributed by atoms with van der Waals surface area (Å²) in [4.78, 5) is 8.66. The molecule has 12 heteroatoms. The second-order valence-electron chi connectivity index (χ2n) is 30.2. The number of halogens is 2. The molecule has 0 saturated carbocycles. The van der Waals surface area contributed by atoms with Crippen LogP contribution in [0.1, 0.15) is 101 Å². The van der Waals surface area contributed by atoms with Gasteiger partial charge in [-0.2, -0.15) is 0 Å². The molecule has 16 aromatic carbocycles. The minimum Gasteiger partial charge on any atom is -0.0622 e. The van der Waals surface area contributed by atoms with E-state index in [2.05, 4.69) is 542 Å². The van der Waals surface area contributed by atoms with Crippen LogP contribution < -0.4 is 63.7 Å². The maximum Gasteiger partial charge on any atom is 0 e. The summed E-state index contributed by atoms with van der Waals surface area (Å²) in [5.74, 6) is 2.93. The van der Waals surface area contributed by atoms with Crippen LogP contribution in [-0.4, -0.2) is 19.1 Å². The van der Waals surface area contributed by atoms with Crippen LogP contribution in [-0.2, 0) is 37.7 Å². The molecule has 2 aromatic heterocycles. The van der Waals surface area contributed by atoms with Crippen LogP contribution in [0, 0.1) is 9.90 Å². The van der Waals surface area contributed by atoms with Crippen LogP contribution in [0.3, 0.4) is 0 Å². The zero-order chi connectivity index (χ0) is 87.6. The summed E-state index contributed by atoms with van der Waals surface area (Å²) >= 11 is 3.13. The molecule has 0 amide bonds. The summed E-state index contributed by atoms with van der Waals surface area (Å²) in [5.41, 5.74) is 9.11. The molecule has 0 radical (unpaired) electrons. The fraction of sp³-hybridized carbons (Fsp3) is 0.105. The fourth-order valence-corrected chi connectivity index (χ4v) is 24.0. The Kier molecular flexibility index (Phi) is 42.2. The third-order valence-electron chi connectivity index (χ3n) is 20.2. The number of aromatic nitrogens is 4. The van der Waals surface area contributed by atoms with Crippen LogP contribution in [0.25, 0.3) is 22.8 Å². The van der Waals surface area contributed by atoms with Crippen LogP contribution in [0.15, 0.2) is 486 Å². The Labute approximate surface area is 796 Å². The smallest absolute Gasteiger partial charge is 0 e. The third-order valence-corrected chi connectivity index (χ3v) is 30.7. The fourth-order valence-electron chi connectivity index (χ4n) is 14.3. The minimum atomic E-state index is -0.446. The molecule has 18 aromatic rings. The zero-order valence-electron chi connectivity index (χ0n) is 72.9. The molecule has 0 fully saturated rings. The monoisotopic (exact) mass is 1990 g/mol. The summed E-state index contributed by atoms with van der Waals surface area (Å²) in [6.07, 6.45) is 10.7. The average molecular weight is 1990 g/mol. The number of benzene rings is 16. The van der Waals surface area contributed by atoms with Gasteiger partial charge < -0.3 is 9.55 Å². The average Bonchev–Trinajstić information content (AvgIpc) is 1.74. The number of nitrogens with zero attached hydrogens (tertiary/aromatic N) is 4. The van der Waals surface area contributed by atoms with E-state index < -0.39 is 31.7 Å². The van der Waals surface area contributed by atoms with Gasteiger partial charge in [0, 0.05) is 48.3 Å². The Bertz CT molecular complexity index is 5040. The summed E-state index contributed by atoms with van der Waals surface area (Å²) in [5, 5.41) is 16.8. The second-order valence-corrected chi connectivity index (χ2v) is 40.4. The Hall–Kier alpha value is -10.0. The summed E-state index contributed by atoms with van der Waals surface area (Å²) in [7, 11) is 2.98. The van der Waals surface area contributed by atoms with Crippen LogP contribution >= 0.6 is 64.0 Å². The normalized spacial score (nSPS) is 10.5. The van der Waals surface area contributed by atoms with Gasteiger partial charge in [-0.3, -0.25) is 4.57 Å². The van der Waals surface area contributed by atoms with Gasteiger partial charge in [0.1, 0.15) is 5.82 Å². The Morgan fingerprint density at radius 3 is 0.635 bits per heavy atom. The first-order chi connectivity index (χ1) is 61.4. The van der Waals surface area contributed by atoms with E-state index in [1.807, 2.05) is 41.2 Å². The predicted molar refractivity (Wildman–Crippen MR) is 553 cm³/mol. The van der Waals surface area contributed by atoms with Crippen LogP contribution in [0.2, 0.25) is 0 Å². The molecule has 2 heterocycles. The van der Waals surface area contributed by atoms with Crippen molar-refractivity contribution in [3.63, 3.8) is 0 Å². The molecule has 630 valence electrons. The molecule has 0 aliphatic rings. The quantitative estimate of drug-likeness (QED) is 0.0350. The van der Waals surface area contributed by atoms with E-state index in [1.165, 1.54) is 101 Å². The number of para-hydroxylation sites is 2. The van der Waals surface area contributed by atoms with Gasteiger partial charge in [0.2, 0.25) is 0 Å². The van der Waals surface area contributed by atoms with Crippen molar-refractivity contribution in [3.8, 4) is 22.8 Å². The van der Waals surface area contributed by atoms with Gasteiger partial charge in [-0.15, -0.1) is 0 Å². The Morgan fingerprint density at radius 1 is 0.254 bits per heavy atom. The largest absolute Gasteiger partial charge is 0.0622 e. The van der Waals surface area contributed by atoms with Gasteiger partial charge in [-0.05, 0) is 171 Å². The molecule has 0 N–H and O–H groups in total. The first kappa shape index (κ1) is 98.1. The van der Waals surface area contributed by atoms with E-state index in [1.54, 1.807) is 6.20 Å². The number of imidazole rings is 2. The summed E-state index contributed by atoms with van der Waals surface area (Å²) in [6.45, 7) is 17.9. The molecule has 126 heavy (non-hydrogen) atoms. The van der Waals surface area contributed by atoms with Crippen molar-refractivity contribution in [1.82, 2.24) is 19.1 Å². The topological polar surface area (TPSA) is 35.6 Å². The van der Waals surface area contributed by atoms with E-state index in [4.69, 9.17) is 9.69 Å². The van der Waals surface area contributed by atoms with Crippen molar-refractivity contribution < 1.29 is 37.7 Å². The van der Waals surface area contributed by atoms with Gasteiger partial charge in [-0.25, -0.2) is 4.98 Å². The standard InChI is InChI=1S/C21H24N2.4C18H15P.C15H19N2.C6H5I.ClH.Pd.Zn/c1-15(2)18-11-8-12-19(16(3)4)20(18)23-14-13-22-21(23)17-9-6-5-7-10-17;4*1-4-10-16(11-5-1)19(17-12-6-2-7-13-17)18-14-8-3-9-15-18;1-11(2)13-6-5-7-14(12(3)4)15(13)17-9-8-16-10-17;7-6-4-2-1-3-5-6;;;/h5-16H,1-4H3;4*1-15H;5-9,11-12H,1-4H3;1-5H;1H;;/q;;;;;-1;;;;+2/p-1. The summed E-state index contributed by atoms with van der Waals surface area (Å²) in [6, 6.07) is 163. The third kappa shape index (κ3) is 29.3. The van der Waals surface area contributed by atoms with Crippen LogP contribution in [0.4, 0.5) is 0 Å². The molecule has 0 bridgehead atoms. The maximum atomic E-state index is 4.76. The molecule has 4 nitrogen and oxygen atoms in total. The summed E-state index contributed by atoms with van der Waals surface area (Å²) < 4.78 is 5.55. The molecule has 18 rings (SSSR count). The first-order valence-corrected chi connectivity index (χ1v) is 52.8. The van der Waals surface area contributed by atoms with Gasteiger partial charge in [0.15, 0.2) is 0 Å². The number of rotatable bonds is 19. The van der Waals surface area contributed by atoms with Crippen molar-refractivity contribution in [1.29, 1.82) is 0 Å². The zero-order valence-corrected chi connectivity index (χ0v) is 83.9. The molecule has 0 aliphatic carbocycles. The van der Waals surface area contributed by atoms with E-state index in [-0.39, 0.29) is 20.4 Å². The molecule has 0 saturated heterocycles. The van der Waals surface area contributed by atoms with Crippen molar-refractivity contribution in [2.75, 3.05) is 0 Å². The van der Waals surface area contributed by atoms with E-state index in [9.17, 15) is 0 Å². The van der Waals surface area contributed by atoms with Crippen molar-refractivity contribution >= 4 is 128 Å². The van der Waals surface area contributed by atoms with Crippen molar-refractivity contribution in [3.05, 3.63) is 518 Å². The van der Waals surface area contributed by atoms with E-state index >= 15 is 0 Å². The van der Waals surface area contributed by atoms with Crippen molar-refractivity contribution in [2.45, 2.75) is 79.1 Å². The van der Waals surface area contributed by atoms with Crippen molar-refractivity contribution in [2.24, 2.45) is 0 Å². The van der Waals surface area contributed by atoms with Gasteiger partial charge >= 0.3 is 27.0 Å². The SMILES string of the molecule is CC(C)c1cccc(C(C)C)c1-n1[c-]ncc1.CC(C)c1cccc(C(C)C)c1-n1ccnc1-c1ccccc1.Ic1ccccc1.[Cl][Zn+].[Pd].c1ccc(P(c2ccccc2)c2ccccc2)cc1.c1ccc(P(c2ccccc2)c2ccccc2)cc1.c1ccc(P(c2ccccc2)c2ccccc2)cc1.c1ccc(P(c2ccccc2)c2ccccc2)cc1. The first-order valence-electron chi connectivity index (χ1n) is 42.4. The molecule has 0 unspecified atom stereocenters. The molecular formula is C114H108ClIN4P4PdZn. The second kappa shape index (κ2) is 54.2. The van der Waals surface area contributed by atoms with Crippen LogP contribution in [0.5, 0.6) is 0 Å². The Morgan fingerprint density at radius 2 is 0.452 bits per heavy atom. The van der Waals surface area contributed by atoms with Gasteiger partial charge in [0.25, 0.3) is 0 Å². The molecule has 0 atom stereocenters. The molecule has 0 spiro atoms. The van der Waals surface area contributed by atoms with Gasteiger partial charge in [-0.1, -0.05) is 528 Å². The minimum absolute atomic E-state index is 0. The molecule has 0 aliphatic heterocycles. The maximum absolute atomic E-state index is 4.76. The van der Waals surface area contributed by atoms with Gasteiger partial charge in [0.05, 0.1) is 5.69 Å². The number of hydrogen-bond acceptors (Lipinski definition) is 2. The van der Waals surface area contributed by atoms with E-state index in [0.29, 0.717) is 23.7 Å².